The maximum atomic E-state index is 5.93. The van der Waals surface area contributed by atoms with E-state index < -0.39 is 0 Å². The molecule has 0 saturated heterocycles. The number of halogens is 1. The Morgan fingerprint density at radius 2 is 2.12 bits per heavy atom. The third-order valence-electron chi connectivity index (χ3n) is 3.64. The van der Waals surface area contributed by atoms with Crippen LogP contribution in [0.1, 0.15) is 24.4 Å². The van der Waals surface area contributed by atoms with Crippen molar-refractivity contribution in [2.75, 3.05) is 7.05 Å². The second kappa shape index (κ2) is 7.85. The van der Waals surface area contributed by atoms with Gasteiger partial charge in [-0.3, -0.25) is 10.1 Å². The first kappa shape index (κ1) is 17.0. The second-order valence-electron chi connectivity index (χ2n) is 5.43. The van der Waals surface area contributed by atoms with E-state index in [1.165, 1.54) is 0 Å². The molecule has 8 heteroatoms. The van der Waals surface area contributed by atoms with Crippen molar-refractivity contribution in [3.05, 3.63) is 59.1 Å². The van der Waals surface area contributed by atoms with E-state index >= 15 is 0 Å². The summed E-state index contributed by atoms with van der Waals surface area (Å²) < 4.78 is 5.28. The van der Waals surface area contributed by atoms with Crippen LogP contribution in [0.3, 0.4) is 0 Å². The standard InChI is InChI=1S/C17H19ClN6O/c1-11(12-5-7-13(18)8-6-12)21-17(19-2)20-10-15-22-16(24-23-15)14-4-3-9-25-14/h3-9,11H,10H2,1-2H3,(H2,19,20,21)(H,22,23,24). The zero-order chi connectivity index (χ0) is 17.6. The van der Waals surface area contributed by atoms with Gasteiger partial charge in [0.1, 0.15) is 5.82 Å². The molecule has 1 unspecified atom stereocenters. The lowest BCUT2D eigenvalue weighted by Gasteiger charge is -2.18. The van der Waals surface area contributed by atoms with E-state index in [1.807, 2.05) is 30.3 Å². The summed E-state index contributed by atoms with van der Waals surface area (Å²) in [4.78, 5) is 8.62. The van der Waals surface area contributed by atoms with Crippen molar-refractivity contribution in [2.24, 2.45) is 4.99 Å². The SMILES string of the molecule is CN=C(NCc1nc(-c2ccco2)n[nH]1)NC(C)c1ccc(Cl)cc1. The Labute approximate surface area is 150 Å². The third kappa shape index (κ3) is 4.39. The van der Waals surface area contributed by atoms with E-state index in [0.717, 1.165) is 10.6 Å². The fourth-order valence-electron chi connectivity index (χ4n) is 2.29. The first-order valence-electron chi connectivity index (χ1n) is 7.83. The average molecular weight is 359 g/mol. The molecule has 0 aliphatic rings. The lowest BCUT2D eigenvalue weighted by Crippen LogP contribution is -2.38. The molecule has 1 aromatic carbocycles. The third-order valence-corrected chi connectivity index (χ3v) is 3.90. The first-order chi connectivity index (χ1) is 12.2. The van der Waals surface area contributed by atoms with Gasteiger partial charge in [-0.05, 0) is 36.8 Å². The number of rotatable bonds is 5. The Bertz CT molecular complexity index is 825. The number of nitrogens with one attached hydrogen (secondary N) is 3. The normalized spacial score (nSPS) is 12.8. The number of hydrogen-bond acceptors (Lipinski definition) is 4. The van der Waals surface area contributed by atoms with Gasteiger partial charge in [-0.1, -0.05) is 23.7 Å². The molecule has 0 fully saturated rings. The van der Waals surface area contributed by atoms with Crippen molar-refractivity contribution in [1.29, 1.82) is 0 Å². The van der Waals surface area contributed by atoms with Crippen LogP contribution in [0.5, 0.6) is 0 Å². The lowest BCUT2D eigenvalue weighted by molar-refractivity contribution is 0.577. The van der Waals surface area contributed by atoms with Crippen LogP contribution in [0, 0.1) is 0 Å². The van der Waals surface area contributed by atoms with Gasteiger partial charge in [0.25, 0.3) is 0 Å². The molecule has 130 valence electrons. The highest BCUT2D eigenvalue weighted by molar-refractivity contribution is 6.30. The molecule has 3 aromatic rings. The summed E-state index contributed by atoms with van der Waals surface area (Å²) in [6.07, 6.45) is 1.59. The Kier molecular flexibility index (Phi) is 5.35. The Balaban J connectivity index is 1.57. The molecule has 0 aliphatic heterocycles. The Morgan fingerprint density at radius 3 is 2.80 bits per heavy atom. The Morgan fingerprint density at radius 1 is 1.32 bits per heavy atom. The van der Waals surface area contributed by atoms with Gasteiger partial charge in [-0.2, -0.15) is 0 Å². The van der Waals surface area contributed by atoms with E-state index in [4.69, 9.17) is 16.0 Å². The van der Waals surface area contributed by atoms with Crippen molar-refractivity contribution in [3.63, 3.8) is 0 Å². The van der Waals surface area contributed by atoms with Gasteiger partial charge >= 0.3 is 0 Å². The molecule has 0 aliphatic carbocycles. The predicted octanol–water partition coefficient (Wildman–Crippen LogP) is 3.14. The quantitative estimate of drug-likeness (QED) is 0.481. The molecule has 25 heavy (non-hydrogen) atoms. The molecule has 0 saturated carbocycles. The molecule has 0 bridgehead atoms. The van der Waals surface area contributed by atoms with Gasteiger partial charge in [0.2, 0.25) is 5.82 Å². The Hall–Kier alpha value is -2.80. The summed E-state index contributed by atoms with van der Waals surface area (Å²) in [5, 5.41) is 14.3. The van der Waals surface area contributed by atoms with E-state index in [2.05, 4.69) is 37.7 Å². The number of aromatic nitrogens is 3. The summed E-state index contributed by atoms with van der Waals surface area (Å²) in [6, 6.07) is 11.4. The van der Waals surface area contributed by atoms with Crippen molar-refractivity contribution < 1.29 is 4.42 Å². The van der Waals surface area contributed by atoms with E-state index in [-0.39, 0.29) is 6.04 Å². The molecule has 0 amide bonds. The van der Waals surface area contributed by atoms with Crippen LogP contribution in [-0.2, 0) is 6.54 Å². The number of aliphatic imine (C=N–C) groups is 1. The molecular formula is C17H19ClN6O. The highest BCUT2D eigenvalue weighted by atomic mass is 35.5. The summed E-state index contributed by atoms with van der Waals surface area (Å²) in [6.45, 7) is 2.51. The van der Waals surface area contributed by atoms with Crippen LogP contribution in [0.25, 0.3) is 11.6 Å². The van der Waals surface area contributed by atoms with Crippen molar-refractivity contribution in [1.82, 2.24) is 25.8 Å². The molecule has 2 heterocycles. The van der Waals surface area contributed by atoms with Crippen LogP contribution in [0.15, 0.2) is 52.1 Å². The van der Waals surface area contributed by atoms with Crippen molar-refractivity contribution in [3.8, 4) is 11.6 Å². The molecule has 3 rings (SSSR count). The zero-order valence-corrected chi connectivity index (χ0v) is 14.7. The number of furan rings is 1. The van der Waals surface area contributed by atoms with Gasteiger partial charge in [0, 0.05) is 12.1 Å². The molecule has 2 aromatic heterocycles. The topological polar surface area (TPSA) is 91.1 Å². The highest BCUT2D eigenvalue weighted by Crippen LogP contribution is 2.16. The summed E-state index contributed by atoms with van der Waals surface area (Å²) in [5.41, 5.74) is 1.12. The van der Waals surface area contributed by atoms with Gasteiger partial charge in [-0.15, -0.1) is 5.10 Å². The summed E-state index contributed by atoms with van der Waals surface area (Å²) in [5.74, 6) is 2.51. The molecule has 7 nitrogen and oxygen atoms in total. The fourth-order valence-corrected chi connectivity index (χ4v) is 2.42. The molecule has 0 spiro atoms. The van der Waals surface area contributed by atoms with Gasteiger partial charge in [-0.25, -0.2) is 4.98 Å². The largest absolute Gasteiger partial charge is 0.461 e. The maximum absolute atomic E-state index is 5.93. The number of H-pyrrole nitrogens is 1. The maximum Gasteiger partial charge on any atom is 0.216 e. The zero-order valence-electron chi connectivity index (χ0n) is 14.0. The van der Waals surface area contributed by atoms with Crippen LogP contribution in [0.4, 0.5) is 0 Å². The first-order valence-corrected chi connectivity index (χ1v) is 8.21. The number of nitrogens with zero attached hydrogens (tertiary/aromatic N) is 3. The number of aromatic amines is 1. The summed E-state index contributed by atoms with van der Waals surface area (Å²) in [7, 11) is 1.72. The van der Waals surface area contributed by atoms with E-state index in [1.54, 1.807) is 19.4 Å². The number of guanidine groups is 1. The minimum Gasteiger partial charge on any atom is -0.461 e. The van der Waals surface area contributed by atoms with Crippen molar-refractivity contribution in [2.45, 2.75) is 19.5 Å². The van der Waals surface area contributed by atoms with E-state index in [0.29, 0.717) is 29.9 Å². The lowest BCUT2D eigenvalue weighted by atomic mass is 10.1. The van der Waals surface area contributed by atoms with E-state index in [9.17, 15) is 0 Å². The average Bonchev–Trinajstić information content (AvgIpc) is 3.30. The molecule has 3 N–H and O–H groups in total. The van der Waals surface area contributed by atoms with Crippen molar-refractivity contribution >= 4 is 17.6 Å². The van der Waals surface area contributed by atoms with Gasteiger partial charge < -0.3 is 15.1 Å². The minimum absolute atomic E-state index is 0.0804. The number of hydrogen-bond donors (Lipinski definition) is 3. The molecule has 1 atom stereocenters. The van der Waals surface area contributed by atoms with Gasteiger partial charge in [0.05, 0.1) is 18.8 Å². The smallest absolute Gasteiger partial charge is 0.216 e. The minimum atomic E-state index is 0.0804. The van der Waals surface area contributed by atoms with Crippen LogP contribution in [-0.4, -0.2) is 28.2 Å². The van der Waals surface area contributed by atoms with Crippen LogP contribution < -0.4 is 10.6 Å². The fraction of sp³-hybridized carbons (Fsp3) is 0.235. The van der Waals surface area contributed by atoms with Gasteiger partial charge in [0.15, 0.2) is 11.7 Å². The summed E-state index contributed by atoms with van der Waals surface area (Å²) >= 11 is 5.93. The van der Waals surface area contributed by atoms with Crippen LogP contribution >= 0.6 is 11.6 Å². The second-order valence-corrected chi connectivity index (χ2v) is 5.86. The number of benzene rings is 1. The highest BCUT2D eigenvalue weighted by Gasteiger charge is 2.10. The monoisotopic (exact) mass is 358 g/mol. The predicted molar refractivity (Wildman–Crippen MR) is 97.3 cm³/mol. The van der Waals surface area contributed by atoms with Crippen LogP contribution in [0.2, 0.25) is 5.02 Å². The molecule has 0 radical (unpaired) electrons. The molecular weight excluding hydrogens is 340 g/mol.